The molecule has 1 aliphatic carbocycles. The Morgan fingerprint density at radius 3 is 2.85 bits per heavy atom. The lowest BCUT2D eigenvalue weighted by Gasteiger charge is -2.32. The van der Waals surface area contributed by atoms with Crippen molar-refractivity contribution >= 4 is 11.8 Å². The molecule has 13 heavy (non-hydrogen) atoms. The molecule has 0 N–H and O–H groups in total. The molecule has 2 aliphatic rings. The van der Waals surface area contributed by atoms with Crippen molar-refractivity contribution in [1.29, 1.82) is 0 Å². The van der Waals surface area contributed by atoms with Gasteiger partial charge in [-0.15, -0.1) is 6.58 Å². The van der Waals surface area contributed by atoms with Crippen LogP contribution in [0.2, 0.25) is 0 Å². The number of carbonyl (C=O) groups excluding carboxylic acids is 2. The van der Waals surface area contributed by atoms with Crippen LogP contribution in [0.3, 0.4) is 0 Å². The summed E-state index contributed by atoms with van der Waals surface area (Å²) < 4.78 is 5.13. The van der Waals surface area contributed by atoms with E-state index in [4.69, 9.17) is 4.74 Å². The normalized spacial score (nSPS) is 43.2. The third-order valence-electron chi connectivity index (χ3n) is 3.22. The minimum atomic E-state index is -0.594. The maximum absolute atomic E-state index is 11.5. The number of carbonyl (C=O) groups is 2. The summed E-state index contributed by atoms with van der Waals surface area (Å²) >= 11 is 0. The summed E-state index contributed by atoms with van der Waals surface area (Å²) in [4.78, 5) is 22.8. The molecule has 70 valence electrons. The van der Waals surface area contributed by atoms with Crippen molar-refractivity contribution in [1.82, 2.24) is 0 Å². The van der Waals surface area contributed by atoms with E-state index in [2.05, 4.69) is 6.58 Å². The van der Waals surface area contributed by atoms with Crippen LogP contribution < -0.4 is 0 Å². The van der Waals surface area contributed by atoms with E-state index in [-0.39, 0.29) is 17.9 Å². The number of ketones is 1. The molecule has 2 bridgehead atoms. The average molecular weight is 180 g/mol. The van der Waals surface area contributed by atoms with Crippen LogP contribution in [0.1, 0.15) is 19.8 Å². The van der Waals surface area contributed by atoms with E-state index in [1.807, 2.05) is 6.92 Å². The highest BCUT2D eigenvalue weighted by Crippen LogP contribution is 2.47. The molecule has 1 saturated heterocycles. The molecular formula is C10H12O3. The molecule has 2 fully saturated rings. The van der Waals surface area contributed by atoms with Gasteiger partial charge in [0.2, 0.25) is 0 Å². The van der Waals surface area contributed by atoms with Gasteiger partial charge in [-0.05, 0) is 6.42 Å². The van der Waals surface area contributed by atoms with Crippen molar-refractivity contribution in [2.75, 3.05) is 0 Å². The Balaban J connectivity index is 2.46. The summed E-state index contributed by atoms with van der Waals surface area (Å²) in [6.07, 6.45) is 2.65. The van der Waals surface area contributed by atoms with Crippen molar-refractivity contribution in [3.05, 3.63) is 12.7 Å². The predicted molar refractivity (Wildman–Crippen MR) is 45.9 cm³/mol. The van der Waals surface area contributed by atoms with Gasteiger partial charge in [0.05, 0.1) is 0 Å². The van der Waals surface area contributed by atoms with Crippen LogP contribution in [-0.4, -0.2) is 17.9 Å². The van der Waals surface area contributed by atoms with Gasteiger partial charge in [0.25, 0.3) is 0 Å². The molecule has 0 unspecified atom stereocenters. The van der Waals surface area contributed by atoms with Gasteiger partial charge in [-0.1, -0.05) is 13.0 Å². The third-order valence-corrected chi connectivity index (χ3v) is 3.22. The fourth-order valence-electron chi connectivity index (χ4n) is 2.29. The third kappa shape index (κ3) is 0.900. The SMILES string of the molecule is C=C[C@@]1(C)[C@H]2C(=O)CC[C@@H]1OC2=O. The molecule has 2 rings (SSSR count). The molecule has 1 aliphatic heterocycles. The first kappa shape index (κ1) is 8.48. The van der Waals surface area contributed by atoms with Crippen molar-refractivity contribution in [2.45, 2.75) is 25.9 Å². The summed E-state index contributed by atoms with van der Waals surface area (Å²) in [6, 6.07) is 0. The number of Topliss-reactive ketones (excluding diaryl/α,β-unsaturated/α-hetero) is 1. The predicted octanol–water partition coefficient (Wildman–Crippen LogP) is 1.08. The van der Waals surface area contributed by atoms with Gasteiger partial charge in [0.1, 0.15) is 17.8 Å². The lowest BCUT2D eigenvalue weighted by Crippen LogP contribution is -2.40. The fourth-order valence-corrected chi connectivity index (χ4v) is 2.29. The van der Waals surface area contributed by atoms with Crippen LogP contribution >= 0.6 is 0 Å². The van der Waals surface area contributed by atoms with Gasteiger partial charge in [-0.25, -0.2) is 0 Å². The van der Waals surface area contributed by atoms with Gasteiger partial charge < -0.3 is 4.74 Å². The Hall–Kier alpha value is -1.12. The molecule has 0 aromatic rings. The van der Waals surface area contributed by atoms with Crippen LogP contribution in [-0.2, 0) is 14.3 Å². The van der Waals surface area contributed by atoms with E-state index in [0.29, 0.717) is 12.8 Å². The molecule has 1 heterocycles. The Morgan fingerprint density at radius 1 is 1.62 bits per heavy atom. The van der Waals surface area contributed by atoms with E-state index >= 15 is 0 Å². The smallest absolute Gasteiger partial charge is 0.317 e. The van der Waals surface area contributed by atoms with Crippen LogP contribution in [0.5, 0.6) is 0 Å². The highest BCUT2D eigenvalue weighted by Gasteiger charge is 2.58. The number of hydrogen-bond donors (Lipinski definition) is 0. The molecule has 0 amide bonds. The molecule has 3 atom stereocenters. The Kier molecular flexibility index (Phi) is 1.59. The first-order valence-electron chi connectivity index (χ1n) is 4.46. The first-order chi connectivity index (χ1) is 6.09. The molecule has 1 saturated carbocycles. The summed E-state index contributed by atoms with van der Waals surface area (Å²) in [5.74, 6) is -0.959. The van der Waals surface area contributed by atoms with E-state index in [9.17, 15) is 9.59 Å². The first-order valence-corrected chi connectivity index (χ1v) is 4.46. The summed E-state index contributed by atoms with van der Waals surface area (Å²) in [5, 5.41) is 0. The Labute approximate surface area is 76.8 Å². The second-order valence-electron chi connectivity index (χ2n) is 3.93. The monoisotopic (exact) mass is 180 g/mol. The summed E-state index contributed by atoms with van der Waals surface area (Å²) in [5.41, 5.74) is -0.466. The number of ether oxygens (including phenoxy) is 1. The van der Waals surface area contributed by atoms with Gasteiger partial charge in [-0.2, -0.15) is 0 Å². The highest BCUT2D eigenvalue weighted by molar-refractivity contribution is 6.02. The second-order valence-corrected chi connectivity index (χ2v) is 3.93. The standard InChI is InChI=1S/C10H12O3/c1-3-10(2)7-5-4-6(11)8(10)9(12)13-7/h3,7-8H,1,4-5H2,2H3/t7-,8-,10+/m0/s1. The molecular weight excluding hydrogens is 168 g/mol. The van der Waals surface area contributed by atoms with Gasteiger partial charge in [-0.3, -0.25) is 9.59 Å². The van der Waals surface area contributed by atoms with Gasteiger partial charge in [0.15, 0.2) is 0 Å². The molecule has 0 aromatic heterocycles. The molecule has 3 heteroatoms. The summed E-state index contributed by atoms with van der Waals surface area (Å²) in [6.45, 7) is 5.55. The lowest BCUT2D eigenvalue weighted by molar-refractivity contribution is -0.145. The Bertz CT molecular complexity index is 287. The quantitative estimate of drug-likeness (QED) is 0.344. The number of hydrogen-bond acceptors (Lipinski definition) is 3. The van der Waals surface area contributed by atoms with Crippen LogP contribution in [0, 0.1) is 11.3 Å². The second kappa shape index (κ2) is 2.44. The van der Waals surface area contributed by atoms with Gasteiger partial charge >= 0.3 is 5.97 Å². The van der Waals surface area contributed by atoms with E-state index in [1.165, 1.54) is 0 Å². The Morgan fingerprint density at radius 2 is 2.31 bits per heavy atom. The molecule has 3 nitrogen and oxygen atoms in total. The van der Waals surface area contributed by atoms with E-state index in [1.54, 1.807) is 6.08 Å². The largest absolute Gasteiger partial charge is 0.461 e. The highest BCUT2D eigenvalue weighted by atomic mass is 16.6. The summed E-state index contributed by atoms with van der Waals surface area (Å²) in [7, 11) is 0. The van der Waals surface area contributed by atoms with Crippen molar-refractivity contribution in [3.63, 3.8) is 0 Å². The number of rotatable bonds is 1. The molecule has 0 aromatic carbocycles. The zero-order valence-corrected chi connectivity index (χ0v) is 7.58. The van der Waals surface area contributed by atoms with Gasteiger partial charge in [0, 0.05) is 11.8 Å². The minimum Gasteiger partial charge on any atom is -0.461 e. The van der Waals surface area contributed by atoms with E-state index in [0.717, 1.165) is 0 Å². The fraction of sp³-hybridized carbons (Fsp3) is 0.600. The minimum absolute atomic E-state index is 0.00106. The van der Waals surface area contributed by atoms with Crippen LogP contribution in [0.25, 0.3) is 0 Å². The lowest BCUT2D eigenvalue weighted by atomic mass is 9.67. The van der Waals surface area contributed by atoms with E-state index < -0.39 is 11.3 Å². The zero-order valence-electron chi connectivity index (χ0n) is 7.58. The van der Waals surface area contributed by atoms with Crippen molar-refractivity contribution in [2.24, 2.45) is 11.3 Å². The number of esters is 1. The van der Waals surface area contributed by atoms with Crippen molar-refractivity contribution < 1.29 is 14.3 Å². The van der Waals surface area contributed by atoms with Crippen LogP contribution in [0.15, 0.2) is 12.7 Å². The maximum atomic E-state index is 11.5. The average Bonchev–Trinajstić information content (AvgIpc) is 2.23. The number of fused-ring (bicyclic) bond motifs is 2. The molecule has 0 radical (unpaired) electrons. The van der Waals surface area contributed by atoms with Crippen molar-refractivity contribution in [3.8, 4) is 0 Å². The topological polar surface area (TPSA) is 43.4 Å². The maximum Gasteiger partial charge on any atom is 0.317 e. The molecule has 0 spiro atoms. The van der Waals surface area contributed by atoms with Crippen LogP contribution in [0.4, 0.5) is 0 Å². The zero-order chi connectivity index (χ0) is 9.64.